The maximum Gasteiger partial charge on any atom is 0.123 e. The molecule has 0 aliphatic carbocycles. The standard InChI is InChI=1S/C19H16OPSi/c20-18-12-11-15(14-22)13-19(18)21(16-7-3-1-4-8-16)17-9-5-2-6-10-17/h1-13,20H,14H2. The lowest BCUT2D eigenvalue weighted by Crippen LogP contribution is -2.21. The molecule has 107 valence electrons. The molecule has 1 nitrogen and oxygen atoms in total. The molecule has 3 rings (SSSR count). The van der Waals surface area contributed by atoms with Crippen molar-refractivity contribution in [1.29, 1.82) is 0 Å². The molecule has 0 aliphatic rings. The summed E-state index contributed by atoms with van der Waals surface area (Å²) >= 11 is 0. The van der Waals surface area contributed by atoms with Gasteiger partial charge in [0.15, 0.2) is 0 Å². The second kappa shape index (κ2) is 6.91. The fourth-order valence-electron chi connectivity index (χ4n) is 2.44. The average Bonchev–Trinajstić information content (AvgIpc) is 2.59. The number of benzene rings is 3. The zero-order chi connectivity index (χ0) is 15.4. The van der Waals surface area contributed by atoms with Gasteiger partial charge in [-0.3, -0.25) is 0 Å². The van der Waals surface area contributed by atoms with Crippen LogP contribution in [0.1, 0.15) is 5.56 Å². The summed E-state index contributed by atoms with van der Waals surface area (Å²) in [5, 5.41) is 13.9. The van der Waals surface area contributed by atoms with E-state index >= 15 is 0 Å². The monoisotopic (exact) mass is 319 g/mol. The fourth-order valence-corrected chi connectivity index (χ4v) is 5.05. The number of phenols is 1. The quantitative estimate of drug-likeness (QED) is 0.579. The van der Waals surface area contributed by atoms with Crippen LogP contribution in [0.5, 0.6) is 5.75 Å². The van der Waals surface area contributed by atoms with Gasteiger partial charge < -0.3 is 5.11 Å². The molecule has 0 bridgehead atoms. The van der Waals surface area contributed by atoms with Crippen molar-refractivity contribution in [2.75, 3.05) is 0 Å². The first-order valence-electron chi connectivity index (χ1n) is 7.16. The van der Waals surface area contributed by atoms with Crippen molar-refractivity contribution in [1.82, 2.24) is 0 Å². The molecular formula is C19H16OPSi. The number of hydrogen-bond donors (Lipinski definition) is 1. The molecule has 0 heterocycles. The molecule has 0 saturated carbocycles. The van der Waals surface area contributed by atoms with Crippen LogP contribution in [0, 0.1) is 0 Å². The molecule has 1 N–H and O–H groups in total. The summed E-state index contributed by atoms with van der Waals surface area (Å²) in [6.07, 6.45) is 0. The molecule has 0 atom stereocenters. The molecule has 3 heteroatoms. The highest BCUT2D eigenvalue weighted by atomic mass is 31.1. The Morgan fingerprint density at radius 2 is 1.32 bits per heavy atom. The molecule has 3 aromatic rings. The summed E-state index contributed by atoms with van der Waals surface area (Å²) in [6, 6.07) is 27.4. The number of aromatic hydroxyl groups is 1. The van der Waals surface area contributed by atoms with Crippen molar-refractivity contribution < 1.29 is 5.11 Å². The first-order chi connectivity index (χ1) is 10.8. The van der Waals surface area contributed by atoms with E-state index in [0.29, 0.717) is 5.75 Å². The zero-order valence-corrected chi connectivity index (χ0v) is 14.0. The minimum atomic E-state index is -0.760. The highest BCUT2D eigenvalue weighted by molar-refractivity contribution is 7.80. The van der Waals surface area contributed by atoms with E-state index in [1.807, 2.05) is 18.2 Å². The Kier molecular flexibility index (Phi) is 4.72. The van der Waals surface area contributed by atoms with E-state index in [1.54, 1.807) is 6.07 Å². The van der Waals surface area contributed by atoms with E-state index in [0.717, 1.165) is 11.3 Å². The number of rotatable bonds is 4. The Bertz CT molecular complexity index is 704. The van der Waals surface area contributed by atoms with Crippen LogP contribution in [-0.2, 0) is 6.04 Å². The van der Waals surface area contributed by atoms with E-state index in [4.69, 9.17) is 0 Å². The van der Waals surface area contributed by atoms with Gasteiger partial charge in [-0.15, -0.1) is 0 Å². The highest BCUT2D eigenvalue weighted by Gasteiger charge is 2.19. The molecule has 3 aromatic carbocycles. The SMILES string of the molecule is Oc1ccc(C[Si])cc1P(c1ccccc1)c1ccccc1. The van der Waals surface area contributed by atoms with Crippen LogP contribution in [0.4, 0.5) is 0 Å². The third kappa shape index (κ3) is 3.14. The van der Waals surface area contributed by atoms with E-state index in [9.17, 15) is 5.11 Å². The zero-order valence-electron chi connectivity index (χ0n) is 12.1. The van der Waals surface area contributed by atoms with Gasteiger partial charge in [0, 0.05) is 15.5 Å². The number of hydrogen-bond acceptors (Lipinski definition) is 1. The lowest BCUT2D eigenvalue weighted by molar-refractivity contribution is 0.479. The second-order valence-corrected chi connectivity index (χ2v) is 7.55. The molecular weight excluding hydrogens is 303 g/mol. The predicted octanol–water partition coefficient (Wildman–Crippen LogP) is 2.82. The molecule has 0 spiro atoms. The normalized spacial score (nSPS) is 10.8. The van der Waals surface area contributed by atoms with Gasteiger partial charge in [-0.1, -0.05) is 72.3 Å². The van der Waals surface area contributed by atoms with Crippen molar-refractivity contribution >= 4 is 34.1 Å². The summed E-state index contributed by atoms with van der Waals surface area (Å²) in [6.45, 7) is 0. The molecule has 0 aromatic heterocycles. The van der Waals surface area contributed by atoms with E-state index in [1.165, 1.54) is 16.2 Å². The Balaban J connectivity index is 2.18. The van der Waals surface area contributed by atoms with Gasteiger partial charge in [0.25, 0.3) is 0 Å². The van der Waals surface area contributed by atoms with Crippen LogP contribution in [0.15, 0.2) is 78.9 Å². The maximum atomic E-state index is 10.4. The Labute approximate surface area is 135 Å². The molecule has 22 heavy (non-hydrogen) atoms. The Morgan fingerprint density at radius 3 is 1.82 bits per heavy atom. The third-order valence-electron chi connectivity index (χ3n) is 3.51. The number of phenolic OH excluding ortho intramolecular Hbond substituents is 1. The van der Waals surface area contributed by atoms with Gasteiger partial charge in [0.2, 0.25) is 0 Å². The Morgan fingerprint density at radius 1 is 0.773 bits per heavy atom. The van der Waals surface area contributed by atoms with Crippen molar-refractivity contribution in [2.24, 2.45) is 0 Å². The summed E-state index contributed by atoms with van der Waals surface area (Å²) in [4.78, 5) is 0. The maximum absolute atomic E-state index is 10.4. The van der Waals surface area contributed by atoms with Crippen LogP contribution in [0.25, 0.3) is 0 Å². The minimum Gasteiger partial charge on any atom is -0.507 e. The fraction of sp³-hybridized carbons (Fsp3) is 0.0526. The average molecular weight is 319 g/mol. The van der Waals surface area contributed by atoms with Crippen LogP contribution < -0.4 is 15.9 Å². The van der Waals surface area contributed by atoms with Crippen LogP contribution in [0.3, 0.4) is 0 Å². The summed E-state index contributed by atoms with van der Waals surface area (Å²) in [5.41, 5.74) is 1.17. The first kappa shape index (κ1) is 15.0. The topological polar surface area (TPSA) is 20.2 Å². The predicted molar refractivity (Wildman–Crippen MR) is 96.3 cm³/mol. The van der Waals surface area contributed by atoms with Crippen molar-refractivity contribution in [3.63, 3.8) is 0 Å². The van der Waals surface area contributed by atoms with Gasteiger partial charge in [0.05, 0.1) is 0 Å². The largest absolute Gasteiger partial charge is 0.507 e. The lowest BCUT2D eigenvalue weighted by atomic mass is 10.2. The van der Waals surface area contributed by atoms with Crippen molar-refractivity contribution in [3.8, 4) is 5.75 Å². The summed E-state index contributed by atoms with van der Waals surface area (Å²) in [5.74, 6) is 0.364. The smallest absolute Gasteiger partial charge is 0.123 e. The summed E-state index contributed by atoms with van der Waals surface area (Å²) in [7, 11) is 2.79. The van der Waals surface area contributed by atoms with Gasteiger partial charge >= 0.3 is 0 Å². The van der Waals surface area contributed by atoms with Gasteiger partial charge in [-0.25, -0.2) is 0 Å². The lowest BCUT2D eigenvalue weighted by Gasteiger charge is -2.21. The van der Waals surface area contributed by atoms with Gasteiger partial charge in [0.1, 0.15) is 5.75 Å². The highest BCUT2D eigenvalue weighted by Crippen LogP contribution is 2.36. The van der Waals surface area contributed by atoms with Crippen molar-refractivity contribution in [3.05, 3.63) is 84.4 Å². The van der Waals surface area contributed by atoms with Crippen LogP contribution >= 0.6 is 7.92 Å². The van der Waals surface area contributed by atoms with E-state index in [-0.39, 0.29) is 0 Å². The molecule has 0 unspecified atom stereocenters. The molecule has 0 fully saturated rings. The van der Waals surface area contributed by atoms with Gasteiger partial charge in [-0.2, -0.15) is 0 Å². The van der Waals surface area contributed by atoms with Gasteiger partial charge in [-0.05, 0) is 36.7 Å². The molecule has 3 radical (unpaired) electrons. The van der Waals surface area contributed by atoms with E-state index in [2.05, 4.69) is 64.8 Å². The molecule has 0 saturated heterocycles. The second-order valence-electron chi connectivity index (χ2n) is 5.01. The molecule has 0 amide bonds. The van der Waals surface area contributed by atoms with Crippen molar-refractivity contribution in [2.45, 2.75) is 6.04 Å². The Hall–Kier alpha value is -1.89. The first-order valence-corrected chi connectivity index (χ1v) is 9.21. The minimum absolute atomic E-state index is 0.364. The summed E-state index contributed by atoms with van der Waals surface area (Å²) < 4.78 is 0. The third-order valence-corrected chi connectivity index (χ3v) is 6.39. The van der Waals surface area contributed by atoms with Crippen LogP contribution in [0.2, 0.25) is 0 Å². The van der Waals surface area contributed by atoms with E-state index < -0.39 is 7.92 Å². The van der Waals surface area contributed by atoms with Crippen LogP contribution in [-0.4, -0.2) is 15.3 Å². The molecule has 0 aliphatic heterocycles.